The Morgan fingerprint density at radius 3 is 2.70 bits per heavy atom. The Labute approximate surface area is 69.1 Å². The summed E-state index contributed by atoms with van der Waals surface area (Å²) in [5.74, 6) is 0. The fourth-order valence-electron chi connectivity index (χ4n) is 0.830. The number of unbranched alkanes of at least 4 members (excludes halogenated alkanes) is 2. The first kappa shape index (κ1) is 10.0. The van der Waals surface area contributed by atoms with Gasteiger partial charge in [0.1, 0.15) is 0 Å². The maximum Gasteiger partial charge on any atom is 0.00141 e. The Hall–Kier alpha value is 0.0200. The molecule has 1 unspecified atom stereocenters. The second kappa shape index (κ2) is 7.13. The van der Waals surface area contributed by atoms with Crippen molar-refractivity contribution in [3.63, 3.8) is 0 Å². The molecule has 1 N–H and O–H groups in total. The zero-order valence-corrected chi connectivity index (χ0v) is 7.53. The number of rotatable bonds is 6. The summed E-state index contributed by atoms with van der Waals surface area (Å²) in [5, 5.41) is 7.36. The summed E-state index contributed by atoms with van der Waals surface area (Å²) in [7, 11) is 0. The first-order valence-electron chi connectivity index (χ1n) is 3.98. The third kappa shape index (κ3) is 6.14. The van der Waals surface area contributed by atoms with Crippen LogP contribution < -0.4 is 0 Å². The van der Waals surface area contributed by atoms with Gasteiger partial charge in [0.15, 0.2) is 0 Å². The normalized spacial score (nSPS) is 13.0. The van der Waals surface area contributed by atoms with E-state index in [1.807, 2.05) is 0 Å². The number of hydrogen-bond donors (Lipinski definition) is 2. The summed E-state index contributed by atoms with van der Waals surface area (Å²) in [6, 6.07) is 0. The molecule has 0 spiro atoms. The maximum absolute atomic E-state index is 6.79. The third-order valence-corrected chi connectivity index (χ3v) is 2.23. The molecule has 0 amide bonds. The van der Waals surface area contributed by atoms with Crippen LogP contribution in [0, 0.1) is 5.41 Å². The number of nitrogens with one attached hydrogen (secondary N) is 1. The lowest BCUT2D eigenvalue weighted by atomic mass is 10.1. The Bertz CT molecular complexity index is 83.3. The molecular weight excluding hydrogens is 142 g/mol. The molecule has 0 aliphatic rings. The summed E-state index contributed by atoms with van der Waals surface area (Å²) in [5.41, 5.74) is 0. The van der Waals surface area contributed by atoms with Gasteiger partial charge in [0, 0.05) is 5.25 Å². The first-order chi connectivity index (χ1) is 4.81. The van der Waals surface area contributed by atoms with E-state index in [0.29, 0.717) is 5.25 Å². The SMILES string of the molecule is CCC(S)CCCCC=N. The van der Waals surface area contributed by atoms with E-state index in [4.69, 9.17) is 5.41 Å². The minimum Gasteiger partial charge on any atom is -0.313 e. The first-order valence-corrected chi connectivity index (χ1v) is 4.50. The molecular formula is C8H17NS. The van der Waals surface area contributed by atoms with Crippen molar-refractivity contribution in [2.75, 3.05) is 0 Å². The van der Waals surface area contributed by atoms with Gasteiger partial charge in [-0.3, -0.25) is 0 Å². The van der Waals surface area contributed by atoms with Crippen LogP contribution in [0.4, 0.5) is 0 Å². The van der Waals surface area contributed by atoms with E-state index in [0.717, 1.165) is 19.3 Å². The molecule has 0 saturated heterocycles. The van der Waals surface area contributed by atoms with Crippen LogP contribution in [0.15, 0.2) is 0 Å². The summed E-state index contributed by atoms with van der Waals surface area (Å²) in [6.07, 6.45) is 7.16. The quantitative estimate of drug-likeness (QED) is 0.338. The molecule has 1 atom stereocenters. The molecule has 1 nitrogen and oxygen atoms in total. The summed E-state index contributed by atoms with van der Waals surface area (Å²) < 4.78 is 0. The van der Waals surface area contributed by atoms with Crippen molar-refractivity contribution < 1.29 is 0 Å². The average molecular weight is 159 g/mol. The minimum atomic E-state index is 0.575. The fourth-order valence-corrected chi connectivity index (χ4v) is 1.01. The lowest BCUT2D eigenvalue weighted by Crippen LogP contribution is -1.95. The lowest BCUT2D eigenvalue weighted by Gasteiger charge is -2.04. The van der Waals surface area contributed by atoms with Crippen LogP contribution in [0.1, 0.15) is 39.0 Å². The van der Waals surface area contributed by atoms with Crippen molar-refractivity contribution in [1.82, 2.24) is 0 Å². The molecule has 0 fully saturated rings. The van der Waals surface area contributed by atoms with E-state index in [1.165, 1.54) is 19.1 Å². The van der Waals surface area contributed by atoms with Crippen LogP contribution in [0.25, 0.3) is 0 Å². The van der Waals surface area contributed by atoms with Crippen molar-refractivity contribution in [3.8, 4) is 0 Å². The topological polar surface area (TPSA) is 23.9 Å². The Morgan fingerprint density at radius 2 is 2.20 bits per heavy atom. The predicted octanol–water partition coefficient (Wildman–Crippen LogP) is 2.90. The highest BCUT2D eigenvalue weighted by atomic mass is 32.1. The van der Waals surface area contributed by atoms with Gasteiger partial charge in [-0.05, 0) is 31.9 Å². The zero-order valence-electron chi connectivity index (χ0n) is 6.64. The number of hydrogen-bond acceptors (Lipinski definition) is 2. The lowest BCUT2D eigenvalue weighted by molar-refractivity contribution is 0.660. The van der Waals surface area contributed by atoms with Gasteiger partial charge < -0.3 is 5.41 Å². The maximum atomic E-state index is 6.79. The van der Waals surface area contributed by atoms with Crippen LogP contribution in [0.2, 0.25) is 0 Å². The summed E-state index contributed by atoms with van der Waals surface area (Å²) in [4.78, 5) is 0. The molecule has 0 aliphatic carbocycles. The largest absolute Gasteiger partial charge is 0.313 e. The Balaban J connectivity index is 2.95. The van der Waals surface area contributed by atoms with Crippen molar-refractivity contribution >= 4 is 18.8 Å². The van der Waals surface area contributed by atoms with Gasteiger partial charge in [-0.1, -0.05) is 13.3 Å². The molecule has 0 bridgehead atoms. The van der Waals surface area contributed by atoms with E-state index in [9.17, 15) is 0 Å². The van der Waals surface area contributed by atoms with Crippen LogP contribution >= 0.6 is 12.6 Å². The molecule has 0 saturated carbocycles. The molecule has 2 heteroatoms. The van der Waals surface area contributed by atoms with E-state index >= 15 is 0 Å². The second-order valence-electron chi connectivity index (χ2n) is 2.55. The molecule has 0 aromatic rings. The van der Waals surface area contributed by atoms with Gasteiger partial charge >= 0.3 is 0 Å². The molecule has 0 aromatic heterocycles. The van der Waals surface area contributed by atoms with Crippen LogP contribution in [-0.2, 0) is 0 Å². The molecule has 10 heavy (non-hydrogen) atoms. The van der Waals surface area contributed by atoms with Crippen LogP contribution in [0.5, 0.6) is 0 Å². The zero-order chi connectivity index (χ0) is 7.82. The predicted molar refractivity (Wildman–Crippen MR) is 50.3 cm³/mol. The second-order valence-corrected chi connectivity index (χ2v) is 3.28. The van der Waals surface area contributed by atoms with Crippen molar-refractivity contribution in [2.45, 2.75) is 44.3 Å². The Morgan fingerprint density at radius 1 is 1.50 bits per heavy atom. The van der Waals surface area contributed by atoms with Crippen molar-refractivity contribution in [3.05, 3.63) is 0 Å². The average Bonchev–Trinajstić information content (AvgIpc) is 1.98. The molecule has 0 aromatic carbocycles. The highest BCUT2D eigenvalue weighted by Gasteiger charge is 1.97. The van der Waals surface area contributed by atoms with Gasteiger partial charge in [-0.25, -0.2) is 0 Å². The molecule has 60 valence electrons. The van der Waals surface area contributed by atoms with Gasteiger partial charge in [0.25, 0.3) is 0 Å². The van der Waals surface area contributed by atoms with Crippen LogP contribution in [-0.4, -0.2) is 11.5 Å². The number of thiol groups is 1. The van der Waals surface area contributed by atoms with E-state index in [-0.39, 0.29) is 0 Å². The monoisotopic (exact) mass is 159 g/mol. The Kier molecular flexibility index (Phi) is 7.15. The highest BCUT2D eigenvalue weighted by molar-refractivity contribution is 7.80. The highest BCUT2D eigenvalue weighted by Crippen LogP contribution is 2.10. The standard InChI is InChI=1S/C8H17NS/c1-2-8(10)6-4-3-5-7-9/h7-10H,2-6H2,1H3. The van der Waals surface area contributed by atoms with Gasteiger partial charge in [0.2, 0.25) is 0 Å². The van der Waals surface area contributed by atoms with Crippen molar-refractivity contribution in [2.24, 2.45) is 0 Å². The third-order valence-electron chi connectivity index (χ3n) is 1.61. The van der Waals surface area contributed by atoms with E-state index in [2.05, 4.69) is 19.6 Å². The molecule has 0 aliphatic heterocycles. The van der Waals surface area contributed by atoms with Gasteiger partial charge in [-0.2, -0.15) is 12.6 Å². The fraction of sp³-hybridized carbons (Fsp3) is 0.875. The van der Waals surface area contributed by atoms with Gasteiger partial charge in [-0.15, -0.1) is 0 Å². The minimum absolute atomic E-state index is 0.575. The summed E-state index contributed by atoms with van der Waals surface area (Å²) in [6.45, 7) is 2.16. The molecule has 0 heterocycles. The summed E-state index contributed by atoms with van der Waals surface area (Å²) >= 11 is 4.38. The van der Waals surface area contributed by atoms with Crippen molar-refractivity contribution in [1.29, 1.82) is 5.41 Å². The van der Waals surface area contributed by atoms with Crippen LogP contribution in [0.3, 0.4) is 0 Å². The molecule has 0 radical (unpaired) electrons. The smallest absolute Gasteiger partial charge is 0.00141 e. The molecule has 0 rings (SSSR count). The van der Waals surface area contributed by atoms with E-state index < -0.39 is 0 Å². The van der Waals surface area contributed by atoms with E-state index in [1.54, 1.807) is 0 Å². The van der Waals surface area contributed by atoms with Gasteiger partial charge in [0.05, 0.1) is 0 Å².